The molecule has 1 aromatic rings. The molecule has 1 aliphatic carbocycles. The van der Waals surface area contributed by atoms with Crippen LogP contribution in [0.2, 0.25) is 0 Å². The van der Waals surface area contributed by atoms with E-state index in [1.807, 2.05) is 13.8 Å². The van der Waals surface area contributed by atoms with Crippen LogP contribution in [0.25, 0.3) is 0 Å². The number of methoxy groups -OCH3 is 1. The third-order valence-electron chi connectivity index (χ3n) is 5.70. The van der Waals surface area contributed by atoms with Crippen molar-refractivity contribution >= 4 is 17.7 Å². The molecule has 2 unspecified atom stereocenters. The fourth-order valence-electron chi connectivity index (χ4n) is 4.18. The van der Waals surface area contributed by atoms with Crippen LogP contribution in [0.4, 0.5) is 0 Å². The molecule has 27 heavy (non-hydrogen) atoms. The van der Waals surface area contributed by atoms with Crippen LogP contribution in [-0.4, -0.2) is 41.3 Å². The van der Waals surface area contributed by atoms with Crippen molar-refractivity contribution in [3.63, 3.8) is 0 Å². The first-order valence-corrected chi connectivity index (χ1v) is 9.55. The van der Waals surface area contributed by atoms with Gasteiger partial charge in [-0.1, -0.05) is 12.8 Å². The van der Waals surface area contributed by atoms with Crippen molar-refractivity contribution in [3.05, 3.63) is 23.0 Å². The number of pyridine rings is 1. The largest absolute Gasteiger partial charge is 0.496 e. The van der Waals surface area contributed by atoms with Gasteiger partial charge in [0.1, 0.15) is 5.75 Å². The summed E-state index contributed by atoms with van der Waals surface area (Å²) in [6, 6.07) is 0. The molecule has 1 saturated heterocycles. The molecule has 2 fully saturated rings. The molecule has 0 aromatic carbocycles. The van der Waals surface area contributed by atoms with E-state index in [2.05, 4.69) is 10.3 Å². The van der Waals surface area contributed by atoms with Crippen LogP contribution in [0, 0.1) is 25.7 Å². The van der Waals surface area contributed by atoms with Gasteiger partial charge in [0.15, 0.2) is 0 Å². The number of nitrogens with zero attached hydrogens (tertiary/aromatic N) is 2. The third kappa shape index (κ3) is 3.82. The maximum atomic E-state index is 12.4. The Morgan fingerprint density at radius 1 is 1.22 bits per heavy atom. The maximum absolute atomic E-state index is 12.4. The molecule has 1 aromatic heterocycles. The summed E-state index contributed by atoms with van der Waals surface area (Å²) < 4.78 is 5.37. The topological polar surface area (TPSA) is 88.6 Å². The highest BCUT2D eigenvalue weighted by Crippen LogP contribution is 2.37. The molecule has 0 radical (unpaired) electrons. The lowest BCUT2D eigenvalue weighted by molar-refractivity contribution is -0.140. The molecule has 2 heterocycles. The Hall–Kier alpha value is -2.44. The highest BCUT2D eigenvalue weighted by atomic mass is 16.5. The van der Waals surface area contributed by atoms with Gasteiger partial charge in [-0.05, 0) is 26.7 Å². The SMILES string of the molecule is COc1c(C)cnc(CNC(=O)CCN2C(=O)C3CCCCC3C2=O)c1C. The van der Waals surface area contributed by atoms with Crippen LogP contribution in [-0.2, 0) is 20.9 Å². The molecule has 3 amide bonds. The van der Waals surface area contributed by atoms with E-state index in [1.165, 1.54) is 4.90 Å². The van der Waals surface area contributed by atoms with Gasteiger partial charge in [0.2, 0.25) is 17.7 Å². The summed E-state index contributed by atoms with van der Waals surface area (Å²) >= 11 is 0. The molecule has 1 saturated carbocycles. The van der Waals surface area contributed by atoms with Gasteiger partial charge in [0, 0.05) is 30.3 Å². The maximum Gasteiger partial charge on any atom is 0.233 e. The lowest BCUT2D eigenvalue weighted by Crippen LogP contribution is -2.35. The van der Waals surface area contributed by atoms with E-state index >= 15 is 0 Å². The predicted octanol–water partition coefficient (Wildman–Crippen LogP) is 1.89. The van der Waals surface area contributed by atoms with Crippen molar-refractivity contribution in [2.75, 3.05) is 13.7 Å². The lowest BCUT2D eigenvalue weighted by atomic mass is 9.81. The van der Waals surface area contributed by atoms with Crippen LogP contribution in [0.1, 0.15) is 48.9 Å². The zero-order chi connectivity index (χ0) is 19.6. The van der Waals surface area contributed by atoms with Crippen molar-refractivity contribution < 1.29 is 19.1 Å². The standard InChI is InChI=1S/C20H27N3O4/c1-12-10-21-16(13(2)18(12)27-3)11-22-17(24)8-9-23-19(25)14-6-4-5-7-15(14)20(23)26/h10,14-15H,4-9,11H2,1-3H3,(H,22,24). The summed E-state index contributed by atoms with van der Waals surface area (Å²) in [5.74, 6) is 0.0373. The molecular formula is C20H27N3O4. The van der Waals surface area contributed by atoms with Gasteiger partial charge < -0.3 is 10.1 Å². The Labute approximate surface area is 159 Å². The highest BCUT2D eigenvalue weighted by molar-refractivity contribution is 6.05. The lowest BCUT2D eigenvalue weighted by Gasteiger charge is -2.19. The van der Waals surface area contributed by atoms with E-state index in [4.69, 9.17) is 4.74 Å². The summed E-state index contributed by atoms with van der Waals surface area (Å²) in [4.78, 5) is 42.7. The molecule has 7 heteroatoms. The Bertz CT molecular complexity index is 738. The minimum Gasteiger partial charge on any atom is -0.496 e. The van der Waals surface area contributed by atoms with E-state index in [9.17, 15) is 14.4 Å². The Balaban J connectivity index is 1.53. The summed E-state index contributed by atoms with van der Waals surface area (Å²) in [7, 11) is 1.61. The van der Waals surface area contributed by atoms with Crippen molar-refractivity contribution in [1.29, 1.82) is 0 Å². The number of carbonyl (C=O) groups is 3. The number of aryl methyl sites for hydroxylation is 1. The van der Waals surface area contributed by atoms with Crippen molar-refractivity contribution in [3.8, 4) is 5.75 Å². The molecule has 0 bridgehead atoms. The summed E-state index contributed by atoms with van der Waals surface area (Å²) in [6.45, 7) is 4.26. The molecule has 1 aliphatic heterocycles. The second kappa shape index (κ2) is 8.06. The molecule has 2 atom stereocenters. The second-order valence-electron chi connectivity index (χ2n) is 7.40. The normalized spacial score (nSPS) is 22.0. The predicted molar refractivity (Wildman–Crippen MR) is 98.9 cm³/mol. The number of fused-ring (bicyclic) bond motifs is 1. The molecule has 146 valence electrons. The van der Waals surface area contributed by atoms with E-state index in [1.54, 1.807) is 13.3 Å². The van der Waals surface area contributed by atoms with Crippen LogP contribution in [0.3, 0.4) is 0 Å². The number of ether oxygens (including phenoxy) is 1. The fourth-order valence-corrected chi connectivity index (χ4v) is 4.18. The summed E-state index contributed by atoms with van der Waals surface area (Å²) in [5, 5.41) is 2.82. The zero-order valence-electron chi connectivity index (χ0n) is 16.2. The molecule has 1 N–H and O–H groups in total. The van der Waals surface area contributed by atoms with Gasteiger partial charge in [0.05, 0.1) is 31.2 Å². The monoisotopic (exact) mass is 373 g/mol. The van der Waals surface area contributed by atoms with Gasteiger partial charge in [-0.15, -0.1) is 0 Å². The van der Waals surface area contributed by atoms with Crippen molar-refractivity contribution in [2.45, 2.75) is 52.5 Å². The number of imide groups is 1. The quantitative estimate of drug-likeness (QED) is 0.769. The second-order valence-corrected chi connectivity index (χ2v) is 7.40. The highest BCUT2D eigenvalue weighted by Gasteiger charge is 2.47. The average molecular weight is 373 g/mol. The van der Waals surface area contributed by atoms with Gasteiger partial charge in [-0.3, -0.25) is 24.3 Å². The Morgan fingerprint density at radius 3 is 2.44 bits per heavy atom. The number of carbonyl (C=O) groups excluding carboxylic acids is 3. The van der Waals surface area contributed by atoms with Gasteiger partial charge in [0.25, 0.3) is 0 Å². The van der Waals surface area contributed by atoms with Gasteiger partial charge in [-0.2, -0.15) is 0 Å². The van der Waals surface area contributed by atoms with Crippen molar-refractivity contribution in [2.24, 2.45) is 11.8 Å². The minimum absolute atomic E-state index is 0.0988. The third-order valence-corrected chi connectivity index (χ3v) is 5.70. The molecular weight excluding hydrogens is 346 g/mol. The smallest absolute Gasteiger partial charge is 0.233 e. The molecule has 7 nitrogen and oxygen atoms in total. The summed E-state index contributed by atoms with van der Waals surface area (Å²) in [5.41, 5.74) is 2.58. The fraction of sp³-hybridized carbons (Fsp3) is 0.600. The Kier molecular flexibility index (Phi) is 5.77. The van der Waals surface area contributed by atoms with Gasteiger partial charge in [-0.25, -0.2) is 0 Å². The number of hydrogen-bond acceptors (Lipinski definition) is 5. The van der Waals surface area contributed by atoms with E-state index in [0.717, 1.165) is 48.3 Å². The number of likely N-dealkylation sites (tertiary alicyclic amines) is 1. The Morgan fingerprint density at radius 2 is 1.85 bits per heavy atom. The van der Waals surface area contributed by atoms with Crippen LogP contribution >= 0.6 is 0 Å². The van der Waals surface area contributed by atoms with Crippen LogP contribution < -0.4 is 10.1 Å². The molecule has 2 aliphatic rings. The number of amides is 3. The van der Waals surface area contributed by atoms with E-state index < -0.39 is 0 Å². The molecule has 0 spiro atoms. The molecule has 3 rings (SSSR count). The number of nitrogens with one attached hydrogen (secondary N) is 1. The minimum atomic E-state index is -0.203. The van der Waals surface area contributed by atoms with Gasteiger partial charge >= 0.3 is 0 Å². The first kappa shape index (κ1) is 19.3. The van der Waals surface area contributed by atoms with Crippen molar-refractivity contribution in [1.82, 2.24) is 15.2 Å². The first-order chi connectivity index (χ1) is 12.9. The average Bonchev–Trinajstić information content (AvgIpc) is 2.91. The first-order valence-electron chi connectivity index (χ1n) is 9.55. The number of aromatic nitrogens is 1. The van der Waals surface area contributed by atoms with Crippen LogP contribution in [0.5, 0.6) is 5.75 Å². The summed E-state index contributed by atoms with van der Waals surface area (Å²) in [6.07, 6.45) is 5.41. The zero-order valence-corrected chi connectivity index (χ0v) is 16.2. The number of hydrogen-bond donors (Lipinski definition) is 1. The number of rotatable bonds is 6. The van der Waals surface area contributed by atoms with E-state index in [0.29, 0.717) is 0 Å². The van der Waals surface area contributed by atoms with Crippen LogP contribution in [0.15, 0.2) is 6.20 Å². The van der Waals surface area contributed by atoms with E-state index in [-0.39, 0.29) is 49.1 Å².